The summed E-state index contributed by atoms with van der Waals surface area (Å²) in [6.07, 6.45) is 1.78. The molecule has 1 amide bonds. The molecule has 0 aliphatic carbocycles. The van der Waals surface area contributed by atoms with Crippen molar-refractivity contribution in [1.82, 2.24) is 9.88 Å². The molecule has 0 saturated carbocycles. The first kappa shape index (κ1) is 14.6. The predicted molar refractivity (Wildman–Crippen MR) is 79.0 cm³/mol. The van der Waals surface area contributed by atoms with E-state index in [1.165, 1.54) is 0 Å². The van der Waals surface area contributed by atoms with E-state index >= 15 is 0 Å². The normalized spacial score (nSPS) is 15.6. The summed E-state index contributed by atoms with van der Waals surface area (Å²) in [5.74, 6) is 2.00. The molecule has 0 radical (unpaired) electrons. The average Bonchev–Trinajstić information content (AvgIpc) is 2.47. The van der Waals surface area contributed by atoms with Crippen LogP contribution in [0.4, 0.5) is 5.82 Å². The topological polar surface area (TPSA) is 45.7 Å². The van der Waals surface area contributed by atoms with Gasteiger partial charge in [-0.1, -0.05) is 13.8 Å². The third-order valence-electron chi connectivity index (χ3n) is 3.44. The molecular weight excluding hydrogens is 254 g/mol. The van der Waals surface area contributed by atoms with Gasteiger partial charge < -0.3 is 14.5 Å². The van der Waals surface area contributed by atoms with Crippen LogP contribution < -0.4 is 9.64 Å². The molecule has 110 valence electrons. The summed E-state index contributed by atoms with van der Waals surface area (Å²) < 4.78 is 5.62. The number of rotatable bonds is 4. The molecule has 0 unspecified atom stereocenters. The second-order valence-corrected chi connectivity index (χ2v) is 5.23. The van der Waals surface area contributed by atoms with Crippen molar-refractivity contribution >= 4 is 11.7 Å². The Morgan fingerprint density at radius 3 is 2.65 bits per heavy atom. The lowest BCUT2D eigenvalue weighted by atomic mass is 10.1. The number of nitrogens with zero attached hydrogens (tertiary/aromatic N) is 3. The van der Waals surface area contributed by atoms with E-state index in [9.17, 15) is 4.79 Å². The van der Waals surface area contributed by atoms with Crippen molar-refractivity contribution in [2.75, 3.05) is 37.7 Å². The Labute approximate surface area is 120 Å². The van der Waals surface area contributed by atoms with Crippen molar-refractivity contribution in [3.05, 3.63) is 18.3 Å². The average molecular weight is 277 g/mol. The molecule has 5 heteroatoms. The monoisotopic (exact) mass is 277 g/mol. The molecule has 1 aromatic heterocycles. The maximum Gasteiger partial charge on any atom is 0.225 e. The lowest BCUT2D eigenvalue weighted by Gasteiger charge is -2.36. The number of piperazine rings is 1. The van der Waals surface area contributed by atoms with E-state index in [4.69, 9.17) is 4.74 Å². The molecule has 0 N–H and O–H groups in total. The van der Waals surface area contributed by atoms with Gasteiger partial charge in [0.05, 0.1) is 6.61 Å². The molecule has 0 aromatic carbocycles. The molecule has 0 atom stereocenters. The van der Waals surface area contributed by atoms with Crippen molar-refractivity contribution in [3.8, 4) is 5.75 Å². The minimum Gasteiger partial charge on any atom is -0.490 e. The Morgan fingerprint density at radius 2 is 2.05 bits per heavy atom. The Bertz CT molecular complexity index is 454. The zero-order valence-corrected chi connectivity index (χ0v) is 12.5. The van der Waals surface area contributed by atoms with E-state index in [1.807, 2.05) is 37.8 Å². The summed E-state index contributed by atoms with van der Waals surface area (Å²) in [4.78, 5) is 20.5. The molecular formula is C15H23N3O2. The van der Waals surface area contributed by atoms with Crippen LogP contribution in [0.5, 0.6) is 5.75 Å². The molecule has 0 bridgehead atoms. The molecule has 1 aromatic rings. The highest BCUT2D eigenvalue weighted by molar-refractivity contribution is 5.78. The molecule has 2 rings (SSSR count). The fraction of sp³-hybridized carbons (Fsp3) is 0.600. The van der Waals surface area contributed by atoms with Crippen LogP contribution in [0.2, 0.25) is 0 Å². The first-order valence-corrected chi connectivity index (χ1v) is 7.25. The van der Waals surface area contributed by atoms with Crippen LogP contribution in [0.1, 0.15) is 20.8 Å². The number of hydrogen-bond acceptors (Lipinski definition) is 4. The molecule has 2 heterocycles. The highest BCUT2D eigenvalue weighted by Crippen LogP contribution is 2.26. The van der Waals surface area contributed by atoms with Crippen molar-refractivity contribution in [1.29, 1.82) is 0 Å². The first-order chi connectivity index (χ1) is 9.63. The standard InChI is InChI=1S/C15H23N3O2/c1-4-20-13-6-5-7-16-14(13)17-8-10-18(11-9-17)15(19)12(2)3/h5-7,12H,4,8-11H2,1-3H3. The number of amides is 1. The largest absolute Gasteiger partial charge is 0.490 e. The minimum atomic E-state index is 0.0652. The second kappa shape index (κ2) is 6.59. The number of hydrogen-bond donors (Lipinski definition) is 0. The zero-order chi connectivity index (χ0) is 14.5. The molecule has 20 heavy (non-hydrogen) atoms. The number of carbonyl (C=O) groups excluding carboxylic acids is 1. The summed E-state index contributed by atoms with van der Waals surface area (Å²) in [5.41, 5.74) is 0. The summed E-state index contributed by atoms with van der Waals surface area (Å²) in [5, 5.41) is 0. The number of carbonyl (C=O) groups is 1. The van der Waals surface area contributed by atoms with E-state index in [1.54, 1.807) is 6.20 Å². The number of aromatic nitrogens is 1. The summed E-state index contributed by atoms with van der Waals surface area (Å²) in [7, 11) is 0. The van der Waals surface area contributed by atoms with Gasteiger partial charge in [-0.3, -0.25) is 4.79 Å². The Hall–Kier alpha value is -1.78. The van der Waals surface area contributed by atoms with Crippen LogP contribution in [0.15, 0.2) is 18.3 Å². The highest BCUT2D eigenvalue weighted by atomic mass is 16.5. The van der Waals surface area contributed by atoms with Crippen LogP contribution in [0.25, 0.3) is 0 Å². The SMILES string of the molecule is CCOc1cccnc1N1CCN(C(=O)C(C)C)CC1. The quantitative estimate of drug-likeness (QED) is 0.841. The van der Waals surface area contributed by atoms with Gasteiger partial charge in [-0.05, 0) is 19.1 Å². The van der Waals surface area contributed by atoms with Crippen LogP contribution in [0.3, 0.4) is 0 Å². The van der Waals surface area contributed by atoms with Crippen LogP contribution >= 0.6 is 0 Å². The number of anilines is 1. The maximum atomic E-state index is 12.0. The van der Waals surface area contributed by atoms with E-state index in [-0.39, 0.29) is 11.8 Å². The molecule has 5 nitrogen and oxygen atoms in total. The zero-order valence-electron chi connectivity index (χ0n) is 12.5. The molecule has 1 fully saturated rings. The van der Waals surface area contributed by atoms with Crippen molar-refractivity contribution in [2.45, 2.75) is 20.8 Å². The van der Waals surface area contributed by atoms with Crippen LogP contribution in [-0.4, -0.2) is 48.6 Å². The predicted octanol–water partition coefficient (Wildman–Crippen LogP) is 1.78. The van der Waals surface area contributed by atoms with E-state index in [0.717, 1.165) is 37.7 Å². The molecule has 1 saturated heterocycles. The number of ether oxygens (including phenoxy) is 1. The summed E-state index contributed by atoms with van der Waals surface area (Å²) in [6, 6.07) is 3.82. The molecule has 1 aliphatic heterocycles. The Balaban J connectivity index is 2.02. The lowest BCUT2D eigenvalue weighted by Crippen LogP contribution is -2.50. The maximum absolute atomic E-state index is 12.0. The van der Waals surface area contributed by atoms with Gasteiger partial charge in [-0.15, -0.1) is 0 Å². The minimum absolute atomic E-state index is 0.0652. The van der Waals surface area contributed by atoms with E-state index in [0.29, 0.717) is 6.61 Å². The summed E-state index contributed by atoms with van der Waals surface area (Å²) >= 11 is 0. The van der Waals surface area contributed by atoms with Gasteiger partial charge in [0, 0.05) is 38.3 Å². The lowest BCUT2D eigenvalue weighted by molar-refractivity contribution is -0.134. The highest BCUT2D eigenvalue weighted by Gasteiger charge is 2.24. The van der Waals surface area contributed by atoms with Crippen molar-refractivity contribution in [2.24, 2.45) is 5.92 Å². The van der Waals surface area contributed by atoms with Crippen molar-refractivity contribution in [3.63, 3.8) is 0 Å². The van der Waals surface area contributed by atoms with Gasteiger partial charge in [0.25, 0.3) is 0 Å². The fourth-order valence-electron chi connectivity index (χ4n) is 2.39. The Morgan fingerprint density at radius 1 is 1.35 bits per heavy atom. The van der Waals surface area contributed by atoms with Crippen molar-refractivity contribution < 1.29 is 9.53 Å². The third kappa shape index (κ3) is 3.21. The van der Waals surface area contributed by atoms with Gasteiger partial charge in [-0.25, -0.2) is 4.98 Å². The molecule has 1 aliphatic rings. The fourth-order valence-corrected chi connectivity index (χ4v) is 2.39. The molecule has 0 spiro atoms. The second-order valence-electron chi connectivity index (χ2n) is 5.23. The van der Waals surface area contributed by atoms with Gasteiger partial charge in [0.2, 0.25) is 5.91 Å². The van der Waals surface area contributed by atoms with Gasteiger partial charge in [-0.2, -0.15) is 0 Å². The van der Waals surface area contributed by atoms with Gasteiger partial charge in [0.15, 0.2) is 11.6 Å². The van der Waals surface area contributed by atoms with E-state index in [2.05, 4.69) is 9.88 Å². The van der Waals surface area contributed by atoms with Crippen LogP contribution in [-0.2, 0) is 4.79 Å². The van der Waals surface area contributed by atoms with Gasteiger partial charge >= 0.3 is 0 Å². The Kier molecular flexibility index (Phi) is 4.82. The smallest absolute Gasteiger partial charge is 0.225 e. The van der Waals surface area contributed by atoms with Gasteiger partial charge in [0.1, 0.15) is 0 Å². The summed E-state index contributed by atoms with van der Waals surface area (Å²) in [6.45, 7) is 9.59. The van der Waals surface area contributed by atoms with E-state index < -0.39 is 0 Å². The first-order valence-electron chi connectivity index (χ1n) is 7.25. The number of pyridine rings is 1. The van der Waals surface area contributed by atoms with Crippen LogP contribution in [0, 0.1) is 5.92 Å². The third-order valence-corrected chi connectivity index (χ3v) is 3.44.